The second-order valence-corrected chi connectivity index (χ2v) is 11.7. The molecule has 0 fully saturated rings. The molecule has 0 aliphatic carbocycles. The van der Waals surface area contributed by atoms with Gasteiger partial charge in [0.1, 0.15) is 6.07 Å². The summed E-state index contributed by atoms with van der Waals surface area (Å²) < 4.78 is 4.30. The number of hydrogen-bond donors (Lipinski definition) is 0. The number of hydrogen-bond acceptors (Lipinski definition) is 4. The van der Waals surface area contributed by atoms with Gasteiger partial charge in [0.05, 0.1) is 56.3 Å². The molecular weight excluding hydrogens is 589 g/mol. The molecule has 0 radical (unpaired) electrons. The molecule has 6 aromatic carbocycles. The number of fused-ring (bicyclic) bond motifs is 7. The fourth-order valence-corrected chi connectivity index (χ4v) is 6.93. The molecule has 0 unspecified atom stereocenters. The van der Waals surface area contributed by atoms with E-state index in [1.165, 1.54) is 0 Å². The molecule has 0 saturated heterocycles. The Kier molecular flexibility index (Phi) is 6.15. The molecule has 0 spiro atoms. The van der Waals surface area contributed by atoms with Crippen LogP contribution in [-0.2, 0) is 0 Å². The van der Waals surface area contributed by atoms with Crippen molar-refractivity contribution in [3.05, 3.63) is 157 Å². The van der Waals surface area contributed by atoms with Crippen LogP contribution in [0.3, 0.4) is 0 Å². The molecule has 9 aromatic rings. The molecule has 3 aromatic heterocycles. The van der Waals surface area contributed by atoms with Gasteiger partial charge in [-0.15, -0.1) is 0 Å². The van der Waals surface area contributed by atoms with Gasteiger partial charge in [-0.3, -0.25) is 4.57 Å². The monoisotopic (exact) mass is 612 g/mol. The second-order valence-electron chi connectivity index (χ2n) is 11.7. The van der Waals surface area contributed by atoms with Crippen molar-refractivity contribution in [3.8, 4) is 46.3 Å². The average Bonchev–Trinajstić information content (AvgIpc) is 3.68. The Balaban J connectivity index is 1.40. The summed E-state index contributed by atoms with van der Waals surface area (Å²) in [6.45, 7) is 0. The Morgan fingerprint density at radius 1 is 0.458 bits per heavy atom. The molecule has 0 aliphatic heterocycles. The summed E-state index contributed by atoms with van der Waals surface area (Å²) in [5, 5.41) is 24.0. The van der Waals surface area contributed by atoms with E-state index in [1.54, 1.807) is 12.1 Å². The van der Waals surface area contributed by atoms with E-state index in [4.69, 9.17) is 9.97 Å². The predicted molar refractivity (Wildman–Crippen MR) is 191 cm³/mol. The fourth-order valence-electron chi connectivity index (χ4n) is 6.93. The molecular formula is C42H24N6. The first-order chi connectivity index (χ1) is 23.7. The van der Waals surface area contributed by atoms with Crippen LogP contribution in [0.4, 0.5) is 0 Å². The molecule has 0 bridgehead atoms. The number of rotatable bonds is 4. The van der Waals surface area contributed by atoms with Crippen molar-refractivity contribution in [3.63, 3.8) is 0 Å². The third-order valence-corrected chi connectivity index (χ3v) is 9.01. The largest absolute Gasteiger partial charge is 0.308 e. The molecule has 6 nitrogen and oxygen atoms in total. The van der Waals surface area contributed by atoms with Crippen molar-refractivity contribution in [1.29, 1.82) is 10.5 Å². The minimum absolute atomic E-state index is 0.443. The number of para-hydroxylation sites is 2. The molecule has 9 rings (SSSR count). The lowest BCUT2D eigenvalue weighted by Gasteiger charge is -2.12. The summed E-state index contributed by atoms with van der Waals surface area (Å²) in [7, 11) is 0. The quantitative estimate of drug-likeness (QED) is 0.198. The molecule has 0 N–H and O–H groups in total. The van der Waals surface area contributed by atoms with E-state index in [0.717, 1.165) is 71.8 Å². The standard InChI is InChI=1S/C42H24N6/c43-25-27-19-20-35(30(23-27)26-44)47-36-17-9-7-15-31(36)40-38(47)21-22-39-41(40)32-16-8-10-18-37(32)48(39)42-45-33(28-11-3-1-4-12-28)24-34(46-42)29-13-5-2-6-14-29/h1-24H. The minimum atomic E-state index is 0.443. The van der Waals surface area contributed by atoms with Gasteiger partial charge in [0, 0.05) is 32.7 Å². The summed E-state index contributed by atoms with van der Waals surface area (Å²) in [5.41, 5.74) is 9.27. The minimum Gasteiger partial charge on any atom is -0.308 e. The van der Waals surface area contributed by atoms with Gasteiger partial charge in [-0.2, -0.15) is 10.5 Å². The van der Waals surface area contributed by atoms with Gasteiger partial charge in [0.2, 0.25) is 5.95 Å². The molecule has 6 heteroatoms. The van der Waals surface area contributed by atoms with Crippen LogP contribution in [0.5, 0.6) is 0 Å². The lowest BCUT2D eigenvalue weighted by molar-refractivity contribution is 0.996. The van der Waals surface area contributed by atoms with Crippen molar-refractivity contribution >= 4 is 43.6 Å². The predicted octanol–water partition coefficient (Wildman–Crippen LogP) is 9.75. The van der Waals surface area contributed by atoms with E-state index in [-0.39, 0.29) is 0 Å². The van der Waals surface area contributed by atoms with E-state index >= 15 is 0 Å². The lowest BCUT2D eigenvalue weighted by atomic mass is 10.1. The summed E-state index contributed by atoms with van der Waals surface area (Å²) in [5.74, 6) is 0.586. The van der Waals surface area contributed by atoms with Crippen LogP contribution in [-0.4, -0.2) is 19.1 Å². The Labute approximate surface area is 275 Å². The highest BCUT2D eigenvalue weighted by Crippen LogP contribution is 2.42. The lowest BCUT2D eigenvalue weighted by Crippen LogP contribution is -2.04. The molecule has 0 aliphatic rings. The number of nitriles is 2. The van der Waals surface area contributed by atoms with Crippen molar-refractivity contribution in [2.45, 2.75) is 0 Å². The second kappa shape index (κ2) is 10.8. The molecule has 0 atom stereocenters. The van der Waals surface area contributed by atoms with Crippen LogP contribution >= 0.6 is 0 Å². The van der Waals surface area contributed by atoms with E-state index in [2.05, 4.69) is 94.1 Å². The van der Waals surface area contributed by atoms with Crippen LogP contribution in [0.1, 0.15) is 11.1 Å². The fraction of sp³-hybridized carbons (Fsp3) is 0. The van der Waals surface area contributed by atoms with Gasteiger partial charge < -0.3 is 4.57 Å². The summed E-state index contributed by atoms with van der Waals surface area (Å²) in [6, 6.07) is 53.2. The van der Waals surface area contributed by atoms with Gasteiger partial charge >= 0.3 is 0 Å². The zero-order chi connectivity index (χ0) is 32.2. The molecule has 0 saturated carbocycles. The highest BCUT2D eigenvalue weighted by molar-refractivity contribution is 6.28. The van der Waals surface area contributed by atoms with Crippen molar-refractivity contribution in [2.75, 3.05) is 0 Å². The molecule has 222 valence electrons. The highest BCUT2D eigenvalue weighted by atomic mass is 15.2. The van der Waals surface area contributed by atoms with Crippen LogP contribution in [0.2, 0.25) is 0 Å². The van der Waals surface area contributed by atoms with Gasteiger partial charge in [0.25, 0.3) is 0 Å². The third-order valence-electron chi connectivity index (χ3n) is 9.01. The maximum atomic E-state index is 10.1. The number of aromatic nitrogens is 4. The molecule has 3 heterocycles. The SMILES string of the molecule is N#Cc1ccc(-n2c3ccccc3c3c4c5ccccc5n(-c5nc(-c6ccccc6)cc(-c6ccccc6)n5)c4ccc32)c(C#N)c1. The summed E-state index contributed by atoms with van der Waals surface area (Å²) in [6.07, 6.45) is 0. The number of benzene rings is 6. The van der Waals surface area contributed by atoms with Crippen molar-refractivity contribution in [2.24, 2.45) is 0 Å². The van der Waals surface area contributed by atoms with Gasteiger partial charge in [-0.05, 0) is 48.5 Å². The van der Waals surface area contributed by atoms with Gasteiger partial charge in [-0.1, -0.05) is 97.1 Å². The topological polar surface area (TPSA) is 83.2 Å². The summed E-state index contributed by atoms with van der Waals surface area (Å²) >= 11 is 0. The van der Waals surface area contributed by atoms with E-state index in [0.29, 0.717) is 17.1 Å². The number of nitrogens with zero attached hydrogens (tertiary/aromatic N) is 6. The van der Waals surface area contributed by atoms with E-state index in [1.807, 2.05) is 60.7 Å². The smallest absolute Gasteiger partial charge is 0.235 e. The maximum absolute atomic E-state index is 10.1. The zero-order valence-electron chi connectivity index (χ0n) is 25.5. The van der Waals surface area contributed by atoms with Gasteiger partial charge in [0.15, 0.2) is 0 Å². The maximum Gasteiger partial charge on any atom is 0.235 e. The van der Waals surface area contributed by atoms with Crippen LogP contribution in [0.15, 0.2) is 146 Å². The highest BCUT2D eigenvalue weighted by Gasteiger charge is 2.23. The first kappa shape index (κ1) is 27.3. The Morgan fingerprint density at radius 3 is 1.54 bits per heavy atom. The molecule has 0 amide bonds. The zero-order valence-corrected chi connectivity index (χ0v) is 25.5. The average molecular weight is 613 g/mol. The van der Waals surface area contributed by atoms with Crippen LogP contribution in [0.25, 0.3) is 77.8 Å². The third kappa shape index (κ3) is 4.11. The first-order valence-electron chi connectivity index (χ1n) is 15.6. The van der Waals surface area contributed by atoms with Crippen LogP contribution < -0.4 is 0 Å². The Bertz CT molecular complexity index is 2740. The molecule has 48 heavy (non-hydrogen) atoms. The first-order valence-corrected chi connectivity index (χ1v) is 15.6. The van der Waals surface area contributed by atoms with Crippen LogP contribution in [0, 0.1) is 22.7 Å². The Morgan fingerprint density at radius 2 is 0.979 bits per heavy atom. The Hall–Kier alpha value is -7.02. The van der Waals surface area contributed by atoms with Crippen molar-refractivity contribution < 1.29 is 0 Å². The van der Waals surface area contributed by atoms with Crippen molar-refractivity contribution in [1.82, 2.24) is 19.1 Å². The van der Waals surface area contributed by atoms with E-state index in [9.17, 15) is 10.5 Å². The normalized spacial score (nSPS) is 11.3. The van der Waals surface area contributed by atoms with E-state index < -0.39 is 0 Å². The van der Waals surface area contributed by atoms with Gasteiger partial charge in [-0.25, -0.2) is 9.97 Å². The summed E-state index contributed by atoms with van der Waals surface area (Å²) in [4.78, 5) is 10.4.